The van der Waals surface area contributed by atoms with Crippen molar-refractivity contribution in [3.05, 3.63) is 59.1 Å². The number of benzene rings is 2. The number of hydrogen-bond donors (Lipinski definition) is 0. The number of halogens is 2. The van der Waals surface area contributed by atoms with Crippen LogP contribution in [0.2, 0.25) is 5.02 Å². The Bertz CT molecular complexity index is 1190. The lowest BCUT2D eigenvalue weighted by Crippen LogP contribution is -2.32. The predicted octanol–water partition coefficient (Wildman–Crippen LogP) is 4.98. The zero-order valence-electron chi connectivity index (χ0n) is 18.4. The highest BCUT2D eigenvalue weighted by atomic mass is 35.5. The van der Waals surface area contributed by atoms with Crippen molar-refractivity contribution in [3.63, 3.8) is 0 Å². The SMILES string of the molecule is CCCCN(c1cc(F)c(Cl)cc1-c1nnc(C(C)OC)n1C)S(=O)(=O)c1ccccc1. The van der Waals surface area contributed by atoms with Gasteiger partial charge in [0.2, 0.25) is 0 Å². The summed E-state index contributed by atoms with van der Waals surface area (Å²) >= 11 is 6.10. The minimum Gasteiger partial charge on any atom is -0.374 e. The van der Waals surface area contributed by atoms with Crippen LogP contribution in [0.25, 0.3) is 11.4 Å². The van der Waals surface area contributed by atoms with Gasteiger partial charge in [-0.2, -0.15) is 0 Å². The Labute approximate surface area is 192 Å². The molecule has 2 aromatic carbocycles. The van der Waals surface area contributed by atoms with E-state index in [1.54, 1.807) is 36.9 Å². The Morgan fingerprint density at radius 1 is 1.22 bits per heavy atom. The molecule has 1 atom stereocenters. The van der Waals surface area contributed by atoms with Gasteiger partial charge in [0.25, 0.3) is 10.0 Å². The summed E-state index contributed by atoms with van der Waals surface area (Å²) in [5.74, 6) is 0.174. The summed E-state index contributed by atoms with van der Waals surface area (Å²) in [5, 5.41) is 8.28. The average Bonchev–Trinajstić information content (AvgIpc) is 3.17. The number of rotatable bonds is 9. The predicted molar refractivity (Wildman–Crippen MR) is 123 cm³/mol. The third kappa shape index (κ3) is 4.65. The van der Waals surface area contributed by atoms with Gasteiger partial charge in [-0.05, 0) is 31.5 Å². The van der Waals surface area contributed by atoms with Crippen LogP contribution in [0.3, 0.4) is 0 Å². The van der Waals surface area contributed by atoms with E-state index in [-0.39, 0.29) is 28.3 Å². The first kappa shape index (κ1) is 24.2. The van der Waals surface area contributed by atoms with Gasteiger partial charge in [0.05, 0.1) is 15.6 Å². The van der Waals surface area contributed by atoms with Gasteiger partial charge in [-0.15, -0.1) is 10.2 Å². The van der Waals surface area contributed by atoms with Crippen molar-refractivity contribution >= 4 is 27.3 Å². The topological polar surface area (TPSA) is 77.3 Å². The molecule has 0 saturated carbocycles. The van der Waals surface area contributed by atoms with Crippen LogP contribution in [0.5, 0.6) is 0 Å². The molecule has 0 spiro atoms. The van der Waals surface area contributed by atoms with Crippen molar-refractivity contribution in [1.82, 2.24) is 14.8 Å². The Morgan fingerprint density at radius 2 is 1.91 bits per heavy atom. The Morgan fingerprint density at radius 3 is 2.53 bits per heavy atom. The molecule has 7 nitrogen and oxygen atoms in total. The van der Waals surface area contributed by atoms with Gasteiger partial charge in [-0.25, -0.2) is 12.8 Å². The summed E-state index contributed by atoms with van der Waals surface area (Å²) in [6.45, 7) is 3.94. The molecule has 1 heterocycles. The van der Waals surface area contributed by atoms with Crippen LogP contribution in [0, 0.1) is 5.82 Å². The molecule has 1 unspecified atom stereocenters. The second-order valence-corrected chi connectivity index (χ2v) is 9.62. The standard InChI is InChI=1S/C22H26ClFN4O3S/c1-5-6-12-28(32(29,30)16-10-8-7-9-11-16)20-14-19(24)18(23)13-17(20)22-26-25-21(27(22)3)15(2)31-4/h7-11,13-15H,5-6,12H2,1-4H3. The number of anilines is 1. The molecular formula is C22H26ClFN4O3S. The van der Waals surface area contributed by atoms with Crippen LogP contribution in [0.1, 0.15) is 38.6 Å². The summed E-state index contributed by atoms with van der Waals surface area (Å²) in [6, 6.07) is 10.6. The first-order valence-electron chi connectivity index (χ1n) is 10.2. The van der Waals surface area contributed by atoms with Gasteiger partial charge in [-0.1, -0.05) is 43.1 Å². The van der Waals surface area contributed by atoms with Crippen LogP contribution < -0.4 is 4.31 Å². The zero-order chi connectivity index (χ0) is 23.5. The monoisotopic (exact) mass is 480 g/mol. The van der Waals surface area contributed by atoms with Gasteiger partial charge in [0, 0.05) is 32.3 Å². The van der Waals surface area contributed by atoms with Gasteiger partial charge in [0.1, 0.15) is 11.9 Å². The lowest BCUT2D eigenvalue weighted by molar-refractivity contribution is 0.109. The second kappa shape index (κ2) is 9.97. The molecule has 0 N–H and O–H groups in total. The molecule has 0 aliphatic heterocycles. The molecule has 0 saturated heterocycles. The summed E-state index contributed by atoms with van der Waals surface area (Å²) in [7, 11) is -0.679. The number of methoxy groups -OCH3 is 1. The van der Waals surface area contributed by atoms with E-state index in [0.717, 1.165) is 12.5 Å². The molecule has 0 aliphatic carbocycles. The number of unbranched alkanes of at least 4 members (excludes halogenated alkanes) is 1. The van der Waals surface area contributed by atoms with Crippen molar-refractivity contribution in [2.75, 3.05) is 18.0 Å². The fourth-order valence-corrected chi connectivity index (χ4v) is 5.05. The molecule has 172 valence electrons. The smallest absolute Gasteiger partial charge is 0.264 e. The van der Waals surface area contributed by atoms with E-state index in [2.05, 4.69) is 10.2 Å². The molecule has 10 heteroatoms. The molecule has 1 aromatic heterocycles. The van der Waals surface area contributed by atoms with E-state index in [4.69, 9.17) is 16.3 Å². The first-order valence-corrected chi connectivity index (χ1v) is 12.0. The van der Waals surface area contributed by atoms with Gasteiger partial charge in [0.15, 0.2) is 11.6 Å². The Balaban J connectivity index is 2.25. The number of hydrogen-bond acceptors (Lipinski definition) is 5. The average molecular weight is 481 g/mol. The maximum Gasteiger partial charge on any atom is 0.264 e. The number of aromatic nitrogens is 3. The number of nitrogens with zero attached hydrogens (tertiary/aromatic N) is 4. The molecule has 3 aromatic rings. The van der Waals surface area contributed by atoms with Crippen molar-refractivity contribution < 1.29 is 17.5 Å². The molecule has 32 heavy (non-hydrogen) atoms. The van der Waals surface area contributed by atoms with Gasteiger partial charge < -0.3 is 9.30 Å². The quantitative estimate of drug-likeness (QED) is 0.431. The first-order chi connectivity index (χ1) is 15.2. The van der Waals surface area contributed by atoms with Crippen molar-refractivity contribution in [2.24, 2.45) is 7.05 Å². The normalized spacial score (nSPS) is 12.7. The van der Waals surface area contributed by atoms with E-state index in [1.807, 2.05) is 13.8 Å². The Kier molecular flexibility index (Phi) is 7.53. The Hall–Kier alpha value is -2.49. The minimum absolute atomic E-state index is 0.115. The van der Waals surface area contributed by atoms with Crippen LogP contribution in [0.15, 0.2) is 47.4 Å². The summed E-state index contributed by atoms with van der Waals surface area (Å²) in [5.41, 5.74) is 0.507. The highest BCUT2D eigenvalue weighted by Gasteiger charge is 2.29. The fraction of sp³-hybridized carbons (Fsp3) is 0.364. The van der Waals surface area contributed by atoms with E-state index in [9.17, 15) is 12.8 Å². The fourth-order valence-electron chi connectivity index (χ4n) is 3.35. The summed E-state index contributed by atoms with van der Waals surface area (Å²) in [4.78, 5) is 0.115. The molecule has 3 rings (SSSR count). The van der Waals surface area contributed by atoms with E-state index in [0.29, 0.717) is 23.6 Å². The largest absolute Gasteiger partial charge is 0.374 e. The third-order valence-electron chi connectivity index (χ3n) is 5.22. The van der Waals surface area contributed by atoms with Gasteiger partial charge in [-0.3, -0.25) is 4.31 Å². The molecule has 0 fully saturated rings. The highest BCUT2D eigenvalue weighted by molar-refractivity contribution is 7.92. The maximum atomic E-state index is 14.6. The lowest BCUT2D eigenvalue weighted by Gasteiger charge is -2.27. The summed E-state index contributed by atoms with van der Waals surface area (Å²) in [6.07, 6.45) is 0.997. The zero-order valence-corrected chi connectivity index (χ0v) is 20.0. The van der Waals surface area contributed by atoms with Crippen LogP contribution in [-0.4, -0.2) is 36.8 Å². The number of ether oxygens (including phenoxy) is 1. The second-order valence-electron chi connectivity index (χ2n) is 7.35. The third-order valence-corrected chi connectivity index (χ3v) is 7.34. The van der Waals surface area contributed by atoms with E-state index in [1.165, 1.54) is 22.5 Å². The molecule has 0 aliphatic rings. The number of sulfonamides is 1. The van der Waals surface area contributed by atoms with Crippen molar-refractivity contribution in [2.45, 2.75) is 37.7 Å². The van der Waals surface area contributed by atoms with Crippen molar-refractivity contribution in [1.29, 1.82) is 0 Å². The lowest BCUT2D eigenvalue weighted by atomic mass is 10.1. The molecule has 0 radical (unpaired) electrons. The molecule has 0 amide bonds. The van der Waals surface area contributed by atoms with Crippen LogP contribution >= 0.6 is 11.6 Å². The van der Waals surface area contributed by atoms with E-state index >= 15 is 0 Å². The summed E-state index contributed by atoms with van der Waals surface area (Å²) < 4.78 is 50.0. The van der Waals surface area contributed by atoms with Crippen molar-refractivity contribution in [3.8, 4) is 11.4 Å². The van der Waals surface area contributed by atoms with Crippen LogP contribution in [0.4, 0.5) is 10.1 Å². The molecule has 0 bridgehead atoms. The highest BCUT2D eigenvalue weighted by Crippen LogP contribution is 2.37. The molecular weight excluding hydrogens is 455 g/mol. The van der Waals surface area contributed by atoms with Gasteiger partial charge >= 0.3 is 0 Å². The van der Waals surface area contributed by atoms with E-state index < -0.39 is 15.8 Å². The van der Waals surface area contributed by atoms with Crippen LogP contribution in [-0.2, 0) is 21.8 Å². The minimum atomic E-state index is -3.97. The maximum absolute atomic E-state index is 14.6.